The van der Waals surface area contributed by atoms with E-state index >= 15 is 0 Å². The first-order chi connectivity index (χ1) is 9.45. The molecule has 3 N–H and O–H groups in total. The first-order valence-electron chi connectivity index (χ1n) is 6.99. The number of nitrogens with two attached hydrogens (primary N) is 1. The Morgan fingerprint density at radius 1 is 1.60 bits per heavy atom. The lowest BCUT2D eigenvalue weighted by atomic mass is 10.0. The van der Waals surface area contributed by atoms with E-state index in [0.717, 1.165) is 19.5 Å². The molecule has 0 aromatic heterocycles. The van der Waals surface area contributed by atoms with Crippen molar-refractivity contribution in [3.63, 3.8) is 0 Å². The third-order valence-corrected chi connectivity index (χ3v) is 3.88. The number of aryl methyl sites for hydroxylation is 1. The summed E-state index contributed by atoms with van der Waals surface area (Å²) in [5.41, 5.74) is 6.95. The lowest BCUT2D eigenvalue weighted by Crippen LogP contribution is -2.34. The number of nitrogens with one attached hydrogen (secondary N) is 1. The van der Waals surface area contributed by atoms with Crippen molar-refractivity contribution in [1.82, 2.24) is 4.90 Å². The fraction of sp³-hybridized carbons (Fsp3) is 0.533. The van der Waals surface area contributed by atoms with E-state index in [1.807, 2.05) is 6.92 Å². The normalized spacial score (nSPS) is 20.9. The highest BCUT2D eigenvalue weighted by Crippen LogP contribution is 2.18. The molecule has 1 saturated heterocycles. The average Bonchev–Trinajstić information content (AvgIpc) is 2.82. The van der Waals surface area contributed by atoms with Crippen LogP contribution in [0.15, 0.2) is 18.2 Å². The minimum Gasteiger partial charge on any atom is -0.328 e. The summed E-state index contributed by atoms with van der Waals surface area (Å²) in [6.07, 6.45) is 1.03. The van der Waals surface area contributed by atoms with E-state index in [-0.39, 0.29) is 17.8 Å². The quantitative estimate of drug-likeness (QED) is 0.882. The molecule has 2 rings (SSSR count). The van der Waals surface area contributed by atoms with E-state index in [9.17, 15) is 9.18 Å². The molecule has 0 bridgehead atoms. The number of likely N-dealkylation sites (tertiary alicyclic amines) is 1. The van der Waals surface area contributed by atoms with Crippen LogP contribution in [-0.4, -0.2) is 36.5 Å². The zero-order valence-electron chi connectivity index (χ0n) is 12.0. The number of carbonyl (C=O) groups excluding carboxylic acids is 1. The number of halogens is 1. The summed E-state index contributed by atoms with van der Waals surface area (Å²) < 4.78 is 13.4. The molecule has 0 radical (unpaired) electrons. The predicted molar refractivity (Wildman–Crippen MR) is 78.0 cm³/mol. The van der Waals surface area contributed by atoms with Gasteiger partial charge in [0.1, 0.15) is 5.82 Å². The van der Waals surface area contributed by atoms with Crippen molar-refractivity contribution in [2.24, 2.45) is 11.7 Å². The minimum atomic E-state index is -0.305. The zero-order valence-corrected chi connectivity index (χ0v) is 12.0. The summed E-state index contributed by atoms with van der Waals surface area (Å²) in [5, 5.41) is 2.73. The molecule has 110 valence electrons. The second kappa shape index (κ2) is 6.33. The molecule has 0 saturated carbocycles. The molecular weight excluding hydrogens is 257 g/mol. The van der Waals surface area contributed by atoms with Gasteiger partial charge in [-0.2, -0.15) is 0 Å². The summed E-state index contributed by atoms with van der Waals surface area (Å²) in [5.74, 6) is 0.0409. The Kier molecular flexibility index (Phi) is 4.73. The van der Waals surface area contributed by atoms with Gasteiger partial charge in [0.2, 0.25) is 5.91 Å². The van der Waals surface area contributed by atoms with Crippen molar-refractivity contribution in [1.29, 1.82) is 0 Å². The highest BCUT2D eigenvalue weighted by molar-refractivity contribution is 5.92. The van der Waals surface area contributed by atoms with Crippen molar-refractivity contribution in [2.45, 2.75) is 26.3 Å². The topological polar surface area (TPSA) is 58.4 Å². The van der Waals surface area contributed by atoms with Crippen molar-refractivity contribution < 1.29 is 9.18 Å². The fourth-order valence-electron chi connectivity index (χ4n) is 2.51. The standard InChI is InChI=1S/C15H22FN3O/c1-10-3-4-13(7-14(10)16)18-15(20)9-19-6-5-12(8-19)11(2)17/h3-4,7,11-12H,5-6,8-9,17H2,1-2H3,(H,18,20). The summed E-state index contributed by atoms with van der Waals surface area (Å²) >= 11 is 0. The molecule has 5 heteroatoms. The first kappa shape index (κ1) is 14.9. The Hall–Kier alpha value is -1.46. The maximum atomic E-state index is 13.4. The molecule has 2 unspecified atom stereocenters. The average molecular weight is 279 g/mol. The van der Waals surface area contributed by atoms with Gasteiger partial charge in [-0.25, -0.2) is 4.39 Å². The van der Waals surface area contributed by atoms with Crippen LogP contribution in [0, 0.1) is 18.7 Å². The van der Waals surface area contributed by atoms with Crippen LogP contribution in [0.1, 0.15) is 18.9 Å². The number of carbonyl (C=O) groups is 1. The molecule has 1 fully saturated rings. The third-order valence-electron chi connectivity index (χ3n) is 3.88. The van der Waals surface area contributed by atoms with Gasteiger partial charge in [-0.15, -0.1) is 0 Å². The highest BCUT2D eigenvalue weighted by atomic mass is 19.1. The van der Waals surface area contributed by atoms with Crippen molar-refractivity contribution in [2.75, 3.05) is 25.0 Å². The summed E-state index contributed by atoms with van der Waals surface area (Å²) in [7, 11) is 0. The Labute approximate surface area is 119 Å². The van der Waals surface area contributed by atoms with Crippen LogP contribution in [0.25, 0.3) is 0 Å². The number of hydrogen-bond acceptors (Lipinski definition) is 3. The number of amides is 1. The molecule has 1 aromatic rings. The Balaban J connectivity index is 1.85. The van der Waals surface area contributed by atoms with Gasteiger partial charge in [0.05, 0.1) is 6.54 Å². The van der Waals surface area contributed by atoms with Gasteiger partial charge in [0.15, 0.2) is 0 Å². The second-order valence-corrected chi connectivity index (χ2v) is 5.66. The molecule has 4 nitrogen and oxygen atoms in total. The van der Waals surface area contributed by atoms with E-state index in [1.54, 1.807) is 19.1 Å². The van der Waals surface area contributed by atoms with Crippen LogP contribution in [0.4, 0.5) is 10.1 Å². The number of nitrogens with zero attached hydrogens (tertiary/aromatic N) is 1. The third kappa shape index (κ3) is 3.77. The maximum Gasteiger partial charge on any atom is 0.238 e. The van der Waals surface area contributed by atoms with Crippen LogP contribution in [-0.2, 0) is 4.79 Å². The molecular formula is C15H22FN3O. The monoisotopic (exact) mass is 279 g/mol. The Morgan fingerprint density at radius 3 is 2.95 bits per heavy atom. The van der Waals surface area contributed by atoms with Gasteiger partial charge in [-0.3, -0.25) is 9.69 Å². The number of rotatable bonds is 4. The molecule has 1 aliphatic heterocycles. The van der Waals surface area contributed by atoms with Crippen LogP contribution in [0.5, 0.6) is 0 Å². The van der Waals surface area contributed by atoms with E-state index < -0.39 is 0 Å². The number of hydrogen-bond donors (Lipinski definition) is 2. The number of benzene rings is 1. The largest absolute Gasteiger partial charge is 0.328 e. The smallest absolute Gasteiger partial charge is 0.238 e. The van der Waals surface area contributed by atoms with E-state index in [2.05, 4.69) is 10.2 Å². The number of anilines is 1. The van der Waals surface area contributed by atoms with Crippen LogP contribution < -0.4 is 11.1 Å². The molecule has 0 aliphatic carbocycles. The van der Waals surface area contributed by atoms with Gasteiger partial charge >= 0.3 is 0 Å². The minimum absolute atomic E-state index is 0.112. The van der Waals surface area contributed by atoms with Gasteiger partial charge in [0, 0.05) is 18.3 Å². The van der Waals surface area contributed by atoms with E-state index in [1.165, 1.54) is 6.07 Å². The van der Waals surface area contributed by atoms with Crippen LogP contribution in [0.3, 0.4) is 0 Å². The molecule has 1 aromatic carbocycles. The van der Waals surface area contributed by atoms with Gasteiger partial charge in [-0.05, 0) is 50.4 Å². The molecule has 1 aliphatic rings. The van der Waals surface area contributed by atoms with Crippen LogP contribution >= 0.6 is 0 Å². The molecule has 1 heterocycles. The summed E-state index contributed by atoms with van der Waals surface area (Å²) in [6.45, 7) is 5.77. The lowest BCUT2D eigenvalue weighted by molar-refractivity contribution is -0.117. The Morgan fingerprint density at radius 2 is 2.35 bits per heavy atom. The fourth-order valence-corrected chi connectivity index (χ4v) is 2.51. The van der Waals surface area contributed by atoms with Crippen molar-refractivity contribution >= 4 is 11.6 Å². The molecule has 1 amide bonds. The van der Waals surface area contributed by atoms with Crippen molar-refractivity contribution in [3.05, 3.63) is 29.6 Å². The predicted octanol–water partition coefficient (Wildman–Crippen LogP) is 1.74. The van der Waals surface area contributed by atoms with Crippen LogP contribution in [0.2, 0.25) is 0 Å². The van der Waals surface area contributed by atoms with Gasteiger partial charge < -0.3 is 11.1 Å². The zero-order chi connectivity index (χ0) is 14.7. The van der Waals surface area contributed by atoms with Gasteiger partial charge in [-0.1, -0.05) is 6.07 Å². The van der Waals surface area contributed by atoms with E-state index in [0.29, 0.717) is 23.7 Å². The lowest BCUT2D eigenvalue weighted by Gasteiger charge is -2.17. The summed E-state index contributed by atoms with van der Waals surface area (Å²) in [4.78, 5) is 14.0. The summed E-state index contributed by atoms with van der Waals surface area (Å²) in [6, 6.07) is 4.88. The van der Waals surface area contributed by atoms with Crippen molar-refractivity contribution in [3.8, 4) is 0 Å². The second-order valence-electron chi connectivity index (χ2n) is 5.66. The molecule has 2 atom stereocenters. The Bertz CT molecular complexity index is 490. The van der Waals surface area contributed by atoms with E-state index in [4.69, 9.17) is 5.73 Å². The highest BCUT2D eigenvalue weighted by Gasteiger charge is 2.26. The molecule has 20 heavy (non-hydrogen) atoms. The SMILES string of the molecule is Cc1ccc(NC(=O)CN2CCC(C(C)N)C2)cc1F. The first-order valence-corrected chi connectivity index (χ1v) is 6.99. The van der Waals surface area contributed by atoms with Gasteiger partial charge in [0.25, 0.3) is 0 Å². The molecule has 0 spiro atoms. The maximum absolute atomic E-state index is 13.4.